The van der Waals surface area contributed by atoms with Crippen LogP contribution in [0.1, 0.15) is 18.1 Å². The highest BCUT2D eigenvalue weighted by atomic mass is 16.5. The predicted molar refractivity (Wildman–Crippen MR) is 63.7 cm³/mol. The maximum Gasteiger partial charge on any atom is 0.318 e. The van der Waals surface area contributed by atoms with E-state index >= 15 is 0 Å². The molecule has 0 aliphatic rings. The predicted octanol–water partition coefficient (Wildman–Crippen LogP) is 1.27. The zero-order valence-corrected chi connectivity index (χ0v) is 10.1. The van der Waals surface area contributed by atoms with Crippen LogP contribution in [-0.2, 0) is 4.79 Å². The van der Waals surface area contributed by atoms with Gasteiger partial charge in [-0.25, -0.2) is 4.79 Å². The molecule has 0 fully saturated rings. The van der Waals surface area contributed by atoms with Gasteiger partial charge in [0.2, 0.25) is 0 Å². The number of carbonyl (C=O) groups is 2. The number of urea groups is 1. The number of ether oxygens (including phenoxy) is 1. The van der Waals surface area contributed by atoms with E-state index in [0.29, 0.717) is 5.75 Å². The van der Waals surface area contributed by atoms with E-state index in [-0.39, 0.29) is 0 Å². The molecule has 0 saturated carbocycles. The monoisotopic (exact) mass is 236 g/mol. The van der Waals surface area contributed by atoms with E-state index in [9.17, 15) is 9.59 Å². The van der Waals surface area contributed by atoms with Crippen molar-refractivity contribution in [2.75, 3.05) is 0 Å². The van der Waals surface area contributed by atoms with Gasteiger partial charge in [-0.2, -0.15) is 0 Å². The molecule has 0 spiro atoms. The summed E-state index contributed by atoms with van der Waals surface area (Å²) in [7, 11) is 0. The molecule has 0 aliphatic carbocycles. The second-order valence-corrected chi connectivity index (χ2v) is 3.88. The number of imide groups is 1. The van der Waals surface area contributed by atoms with Crippen LogP contribution in [0.5, 0.6) is 5.75 Å². The SMILES string of the molecule is Cc1ccc(C)c(OC(C)C(=O)NC(N)=O)c1. The topological polar surface area (TPSA) is 81.4 Å². The van der Waals surface area contributed by atoms with Gasteiger partial charge >= 0.3 is 6.03 Å². The van der Waals surface area contributed by atoms with E-state index in [1.165, 1.54) is 0 Å². The van der Waals surface area contributed by atoms with E-state index in [2.05, 4.69) is 0 Å². The number of aryl methyl sites for hydroxylation is 2. The van der Waals surface area contributed by atoms with Gasteiger partial charge in [0.25, 0.3) is 5.91 Å². The smallest absolute Gasteiger partial charge is 0.318 e. The highest BCUT2D eigenvalue weighted by molar-refractivity contribution is 5.95. The lowest BCUT2D eigenvalue weighted by molar-refractivity contribution is -0.126. The molecule has 1 unspecified atom stereocenters. The van der Waals surface area contributed by atoms with Gasteiger partial charge in [-0.15, -0.1) is 0 Å². The molecule has 5 heteroatoms. The highest BCUT2D eigenvalue weighted by Crippen LogP contribution is 2.20. The molecule has 1 aromatic carbocycles. The molecular formula is C12H16N2O3. The second kappa shape index (κ2) is 5.34. The molecule has 0 heterocycles. The van der Waals surface area contributed by atoms with Crippen LogP contribution in [0, 0.1) is 13.8 Å². The molecule has 0 aliphatic heterocycles. The number of rotatable bonds is 3. The van der Waals surface area contributed by atoms with Crippen LogP contribution in [0.3, 0.4) is 0 Å². The van der Waals surface area contributed by atoms with Crippen molar-refractivity contribution in [2.24, 2.45) is 5.73 Å². The zero-order valence-electron chi connectivity index (χ0n) is 10.1. The summed E-state index contributed by atoms with van der Waals surface area (Å²) in [6.07, 6.45) is -0.775. The Bertz CT molecular complexity index is 443. The Morgan fingerprint density at radius 2 is 2.00 bits per heavy atom. The Kier molecular flexibility index (Phi) is 4.09. The van der Waals surface area contributed by atoms with Crippen molar-refractivity contribution in [1.29, 1.82) is 0 Å². The van der Waals surface area contributed by atoms with Crippen molar-refractivity contribution in [3.8, 4) is 5.75 Å². The molecule has 5 nitrogen and oxygen atoms in total. The summed E-state index contributed by atoms with van der Waals surface area (Å²) in [5, 5.41) is 1.97. The molecule has 0 bridgehead atoms. The summed E-state index contributed by atoms with van der Waals surface area (Å²) in [4.78, 5) is 21.9. The van der Waals surface area contributed by atoms with Crippen LogP contribution in [-0.4, -0.2) is 18.0 Å². The van der Waals surface area contributed by atoms with E-state index in [1.807, 2.05) is 37.4 Å². The van der Waals surface area contributed by atoms with Gasteiger partial charge in [0, 0.05) is 0 Å². The first-order chi connectivity index (χ1) is 7.90. The molecule has 1 rings (SSSR count). The van der Waals surface area contributed by atoms with Crippen molar-refractivity contribution in [3.05, 3.63) is 29.3 Å². The number of carbonyl (C=O) groups excluding carboxylic acids is 2. The second-order valence-electron chi connectivity index (χ2n) is 3.88. The van der Waals surface area contributed by atoms with Gasteiger partial charge in [-0.3, -0.25) is 10.1 Å². The molecule has 17 heavy (non-hydrogen) atoms. The average Bonchev–Trinajstić information content (AvgIpc) is 2.22. The third kappa shape index (κ3) is 3.79. The molecule has 3 amide bonds. The number of hydrogen-bond donors (Lipinski definition) is 2. The lowest BCUT2D eigenvalue weighted by atomic mass is 10.1. The standard InChI is InChI=1S/C12H16N2O3/c1-7-4-5-8(2)10(6-7)17-9(3)11(15)14-12(13)16/h4-6,9H,1-3H3,(H3,13,14,15,16). The van der Waals surface area contributed by atoms with Crippen molar-refractivity contribution in [3.63, 3.8) is 0 Å². The van der Waals surface area contributed by atoms with Crippen molar-refractivity contribution >= 4 is 11.9 Å². The summed E-state index contributed by atoms with van der Waals surface area (Å²) in [5.41, 5.74) is 6.81. The van der Waals surface area contributed by atoms with Gasteiger partial charge in [0.1, 0.15) is 5.75 Å². The Morgan fingerprint density at radius 1 is 1.35 bits per heavy atom. The van der Waals surface area contributed by atoms with Gasteiger partial charge in [-0.05, 0) is 38.0 Å². The van der Waals surface area contributed by atoms with E-state index < -0.39 is 18.0 Å². The Hall–Kier alpha value is -2.04. The third-order valence-electron chi connectivity index (χ3n) is 2.26. The minimum Gasteiger partial charge on any atom is -0.481 e. The number of nitrogens with one attached hydrogen (secondary N) is 1. The van der Waals surface area contributed by atoms with E-state index in [4.69, 9.17) is 10.5 Å². The fourth-order valence-electron chi connectivity index (χ4n) is 1.30. The minimum absolute atomic E-state index is 0.557. The van der Waals surface area contributed by atoms with Crippen molar-refractivity contribution in [2.45, 2.75) is 26.9 Å². The van der Waals surface area contributed by atoms with Crippen molar-refractivity contribution < 1.29 is 14.3 Å². The number of primary amides is 1. The van der Waals surface area contributed by atoms with E-state index in [1.54, 1.807) is 6.92 Å². The largest absolute Gasteiger partial charge is 0.481 e. The van der Waals surface area contributed by atoms with Crippen molar-refractivity contribution in [1.82, 2.24) is 5.32 Å². The first-order valence-electron chi connectivity index (χ1n) is 5.24. The van der Waals surface area contributed by atoms with E-state index in [0.717, 1.165) is 11.1 Å². The molecular weight excluding hydrogens is 220 g/mol. The summed E-state index contributed by atoms with van der Waals surface area (Å²) in [6, 6.07) is 4.81. The molecule has 1 atom stereocenters. The number of amides is 3. The summed E-state index contributed by atoms with van der Waals surface area (Å²) in [5.74, 6) is 0.0653. The molecule has 0 radical (unpaired) electrons. The van der Waals surface area contributed by atoms with Gasteiger partial charge in [-0.1, -0.05) is 12.1 Å². The fourth-order valence-corrected chi connectivity index (χ4v) is 1.30. The highest BCUT2D eigenvalue weighted by Gasteiger charge is 2.16. The Morgan fingerprint density at radius 3 is 2.59 bits per heavy atom. The van der Waals surface area contributed by atoms with Crippen LogP contribution in [0.4, 0.5) is 4.79 Å². The maximum atomic E-state index is 11.4. The van der Waals surface area contributed by atoms with Crippen LogP contribution in [0.25, 0.3) is 0 Å². The van der Waals surface area contributed by atoms with Gasteiger partial charge < -0.3 is 10.5 Å². The molecule has 0 saturated heterocycles. The first kappa shape index (κ1) is 13.0. The average molecular weight is 236 g/mol. The van der Waals surface area contributed by atoms with Crippen LogP contribution >= 0.6 is 0 Å². The fraction of sp³-hybridized carbons (Fsp3) is 0.333. The molecule has 0 aromatic heterocycles. The molecule has 92 valence electrons. The van der Waals surface area contributed by atoms with Gasteiger partial charge in [0.05, 0.1) is 0 Å². The summed E-state index contributed by atoms with van der Waals surface area (Å²) < 4.78 is 5.47. The Labute approximate surface area is 99.9 Å². The maximum absolute atomic E-state index is 11.4. The lowest BCUT2D eigenvalue weighted by Crippen LogP contribution is -2.42. The number of benzene rings is 1. The minimum atomic E-state index is -0.883. The van der Waals surface area contributed by atoms with Crippen LogP contribution < -0.4 is 15.8 Å². The molecule has 3 N–H and O–H groups in total. The zero-order chi connectivity index (χ0) is 13.0. The number of nitrogens with two attached hydrogens (primary N) is 1. The normalized spacial score (nSPS) is 11.7. The lowest BCUT2D eigenvalue weighted by Gasteiger charge is -2.15. The molecule has 1 aromatic rings. The third-order valence-corrected chi connectivity index (χ3v) is 2.26. The number of hydrogen-bond acceptors (Lipinski definition) is 3. The summed E-state index contributed by atoms with van der Waals surface area (Å²) >= 11 is 0. The van der Waals surface area contributed by atoms with Gasteiger partial charge in [0.15, 0.2) is 6.10 Å². The first-order valence-corrected chi connectivity index (χ1v) is 5.24. The Balaban J connectivity index is 2.73. The summed E-state index contributed by atoms with van der Waals surface area (Å²) in [6.45, 7) is 5.37. The quantitative estimate of drug-likeness (QED) is 0.829. The van der Waals surface area contributed by atoms with Crippen LogP contribution in [0.15, 0.2) is 18.2 Å². The van der Waals surface area contributed by atoms with Crippen LogP contribution in [0.2, 0.25) is 0 Å².